The molecule has 4 rings (SSSR count). The van der Waals surface area contributed by atoms with Gasteiger partial charge in [0.25, 0.3) is 5.91 Å². The molecular weight excluding hydrogens is 412 g/mol. The van der Waals surface area contributed by atoms with Crippen LogP contribution in [0.3, 0.4) is 0 Å². The van der Waals surface area contributed by atoms with E-state index < -0.39 is 10.0 Å². The van der Waals surface area contributed by atoms with Crippen molar-refractivity contribution in [3.8, 4) is 11.5 Å². The average molecular weight is 435 g/mol. The van der Waals surface area contributed by atoms with Gasteiger partial charge in [0, 0.05) is 37.1 Å². The smallest absolute Gasteiger partial charge is 0.255 e. The molecule has 0 bridgehead atoms. The summed E-state index contributed by atoms with van der Waals surface area (Å²) in [5.74, 6) is 0.934. The molecule has 2 aromatic carbocycles. The number of piperazine rings is 1. The lowest BCUT2D eigenvalue weighted by molar-refractivity contribution is 0.0694. The molecule has 1 amide bonds. The lowest BCUT2D eigenvalue weighted by Gasteiger charge is -2.34. The van der Waals surface area contributed by atoms with Gasteiger partial charge in [-0.2, -0.15) is 4.31 Å². The van der Waals surface area contributed by atoms with Gasteiger partial charge >= 0.3 is 0 Å². The van der Waals surface area contributed by atoms with Crippen molar-refractivity contribution in [1.82, 2.24) is 9.21 Å². The first-order valence-electron chi connectivity index (χ1n) is 9.33. The number of carbonyl (C=O) groups is 1. The van der Waals surface area contributed by atoms with Gasteiger partial charge < -0.3 is 14.4 Å². The van der Waals surface area contributed by atoms with Crippen molar-refractivity contribution in [2.45, 2.75) is 9.79 Å². The lowest BCUT2D eigenvalue weighted by atomic mass is 10.2. The van der Waals surface area contributed by atoms with E-state index in [-0.39, 0.29) is 23.9 Å². The average Bonchev–Trinajstić information content (AvgIpc) is 2.78. The number of nitrogens with zero attached hydrogens (tertiary/aromatic N) is 2. The molecule has 0 spiro atoms. The SMILES string of the molecule is CSc1ccccc1C(=O)N1CCN(S(=O)(=O)c2ccc3c(c2)OCCO3)CC1. The third-order valence-corrected chi connectivity index (χ3v) is 7.71. The minimum Gasteiger partial charge on any atom is -0.486 e. The molecule has 7 nitrogen and oxygen atoms in total. The van der Waals surface area contributed by atoms with Gasteiger partial charge in [-0.15, -0.1) is 11.8 Å². The number of sulfonamides is 1. The molecule has 154 valence electrons. The molecule has 2 aliphatic rings. The largest absolute Gasteiger partial charge is 0.486 e. The zero-order valence-electron chi connectivity index (χ0n) is 16.0. The first-order chi connectivity index (χ1) is 14.0. The first-order valence-corrected chi connectivity index (χ1v) is 12.0. The van der Waals surface area contributed by atoms with Crippen LogP contribution in [0.15, 0.2) is 52.3 Å². The van der Waals surface area contributed by atoms with Crippen LogP contribution >= 0.6 is 11.8 Å². The molecule has 0 unspecified atom stereocenters. The van der Waals surface area contributed by atoms with Crippen LogP contribution in [0.25, 0.3) is 0 Å². The number of carbonyl (C=O) groups excluding carboxylic acids is 1. The van der Waals surface area contributed by atoms with Crippen molar-refractivity contribution in [2.24, 2.45) is 0 Å². The maximum Gasteiger partial charge on any atom is 0.255 e. The molecule has 2 aliphatic heterocycles. The van der Waals surface area contributed by atoms with Crippen LogP contribution in [0.2, 0.25) is 0 Å². The Morgan fingerprint density at radius 3 is 2.38 bits per heavy atom. The van der Waals surface area contributed by atoms with Crippen LogP contribution < -0.4 is 9.47 Å². The maximum absolute atomic E-state index is 13.0. The van der Waals surface area contributed by atoms with Gasteiger partial charge in [0.05, 0.1) is 10.5 Å². The zero-order chi connectivity index (χ0) is 20.4. The van der Waals surface area contributed by atoms with Crippen molar-refractivity contribution in [1.29, 1.82) is 0 Å². The van der Waals surface area contributed by atoms with Crippen LogP contribution in [-0.4, -0.2) is 69.2 Å². The minimum atomic E-state index is -3.67. The third-order valence-electron chi connectivity index (χ3n) is 5.01. The zero-order valence-corrected chi connectivity index (χ0v) is 17.7. The van der Waals surface area contributed by atoms with Crippen molar-refractivity contribution in [3.63, 3.8) is 0 Å². The molecule has 0 N–H and O–H groups in total. The van der Waals surface area contributed by atoms with E-state index in [0.717, 1.165) is 4.90 Å². The summed E-state index contributed by atoms with van der Waals surface area (Å²) in [6, 6.07) is 12.1. The Hall–Kier alpha value is -2.23. The molecule has 0 atom stereocenters. The number of hydrogen-bond donors (Lipinski definition) is 0. The number of rotatable bonds is 4. The molecule has 1 fully saturated rings. The highest BCUT2D eigenvalue weighted by Crippen LogP contribution is 2.33. The van der Waals surface area contributed by atoms with Crippen LogP contribution in [0, 0.1) is 0 Å². The minimum absolute atomic E-state index is 0.0636. The Bertz CT molecular complexity index is 1020. The molecule has 0 radical (unpaired) electrons. The van der Waals surface area contributed by atoms with Gasteiger partial charge in [0.1, 0.15) is 13.2 Å². The summed E-state index contributed by atoms with van der Waals surface area (Å²) in [5, 5.41) is 0. The Labute approximate surface area is 174 Å². The molecule has 0 aliphatic carbocycles. The number of amides is 1. The second-order valence-electron chi connectivity index (χ2n) is 6.70. The summed E-state index contributed by atoms with van der Waals surface area (Å²) in [7, 11) is -3.67. The number of hydrogen-bond acceptors (Lipinski definition) is 6. The van der Waals surface area contributed by atoms with E-state index in [1.807, 2.05) is 30.5 Å². The maximum atomic E-state index is 13.0. The summed E-state index contributed by atoms with van der Waals surface area (Å²) >= 11 is 1.53. The molecule has 9 heteroatoms. The van der Waals surface area contributed by atoms with Crippen molar-refractivity contribution in [2.75, 3.05) is 45.6 Å². The Balaban J connectivity index is 1.47. The Morgan fingerprint density at radius 1 is 0.966 bits per heavy atom. The first kappa shape index (κ1) is 20.1. The van der Waals surface area contributed by atoms with Gasteiger partial charge in [-0.05, 0) is 30.5 Å². The van der Waals surface area contributed by atoms with E-state index in [1.54, 1.807) is 11.0 Å². The van der Waals surface area contributed by atoms with Crippen molar-refractivity contribution < 1.29 is 22.7 Å². The molecule has 2 heterocycles. The van der Waals surface area contributed by atoms with Crippen LogP contribution in [0.4, 0.5) is 0 Å². The highest BCUT2D eigenvalue weighted by molar-refractivity contribution is 7.98. The normalized spacial score (nSPS) is 17.2. The number of thioether (sulfide) groups is 1. The Morgan fingerprint density at radius 2 is 1.66 bits per heavy atom. The van der Waals surface area contributed by atoms with Gasteiger partial charge in [-0.3, -0.25) is 4.79 Å². The number of fused-ring (bicyclic) bond motifs is 1. The standard InChI is InChI=1S/C20H22N2O5S2/c1-28-19-5-3-2-4-16(19)20(23)21-8-10-22(11-9-21)29(24,25)15-6-7-17-18(14-15)27-13-12-26-17/h2-7,14H,8-13H2,1H3. The fourth-order valence-corrected chi connectivity index (χ4v) is 5.48. The molecule has 29 heavy (non-hydrogen) atoms. The number of ether oxygens (including phenoxy) is 2. The van der Waals surface area contributed by atoms with E-state index in [0.29, 0.717) is 43.4 Å². The third kappa shape index (κ3) is 3.94. The van der Waals surface area contributed by atoms with Gasteiger partial charge in [0.2, 0.25) is 10.0 Å². The molecular formula is C20H22N2O5S2. The molecule has 0 aromatic heterocycles. The second-order valence-corrected chi connectivity index (χ2v) is 9.49. The van der Waals surface area contributed by atoms with Gasteiger partial charge in [0.15, 0.2) is 11.5 Å². The summed E-state index contributed by atoms with van der Waals surface area (Å²) in [6.07, 6.45) is 1.93. The highest BCUT2D eigenvalue weighted by Gasteiger charge is 2.31. The second kappa shape index (κ2) is 8.25. The van der Waals surface area contributed by atoms with Gasteiger partial charge in [-0.25, -0.2) is 8.42 Å². The van der Waals surface area contributed by atoms with E-state index >= 15 is 0 Å². The highest BCUT2D eigenvalue weighted by atomic mass is 32.2. The van der Waals surface area contributed by atoms with E-state index in [2.05, 4.69) is 0 Å². The fraction of sp³-hybridized carbons (Fsp3) is 0.350. The lowest BCUT2D eigenvalue weighted by Crippen LogP contribution is -2.50. The monoisotopic (exact) mass is 434 g/mol. The molecule has 1 saturated heterocycles. The number of benzene rings is 2. The van der Waals surface area contributed by atoms with Crippen LogP contribution in [0.5, 0.6) is 11.5 Å². The molecule has 2 aromatic rings. The molecule has 0 saturated carbocycles. The van der Waals surface area contributed by atoms with Crippen LogP contribution in [0.1, 0.15) is 10.4 Å². The summed E-state index contributed by atoms with van der Waals surface area (Å²) in [5.41, 5.74) is 0.656. The predicted molar refractivity (Wildman–Crippen MR) is 110 cm³/mol. The Kier molecular flexibility index (Phi) is 5.71. The quantitative estimate of drug-likeness (QED) is 0.688. The predicted octanol–water partition coefficient (Wildman–Crippen LogP) is 2.33. The van der Waals surface area contributed by atoms with Crippen molar-refractivity contribution in [3.05, 3.63) is 48.0 Å². The van der Waals surface area contributed by atoms with Crippen LogP contribution in [-0.2, 0) is 10.0 Å². The van der Waals surface area contributed by atoms with E-state index in [1.165, 1.54) is 28.2 Å². The fourth-order valence-electron chi connectivity index (χ4n) is 3.46. The van der Waals surface area contributed by atoms with Gasteiger partial charge in [-0.1, -0.05) is 12.1 Å². The van der Waals surface area contributed by atoms with Crippen molar-refractivity contribution >= 4 is 27.7 Å². The summed E-state index contributed by atoms with van der Waals surface area (Å²) in [4.78, 5) is 15.7. The topological polar surface area (TPSA) is 76.2 Å². The van der Waals surface area contributed by atoms with E-state index in [9.17, 15) is 13.2 Å². The van der Waals surface area contributed by atoms with E-state index in [4.69, 9.17) is 9.47 Å². The summed E-state index contributed by atoms with van der Waals surface area (Å²) in [6.45, 7) is 2.06. The summed E-state index contributed by atoms with van der Waals surface area (Å²) < 4.78 is 38.5.